The van der Waals surface area contributed by atoms with Crippen LogP contribution in [0.4, 0.5) is 0 Å². The molecule has 0 saturated heterocycles. The van der Waals surface area contributed by atoms with Crippen LogP contribution >= 0.6 is 0 Å². The first kappa shape index (κ1) is 16.2. The summed E-state index contributed by atoms with van der Waals surface area (Å²) in [4.78, 5) is 0. The molecule has 9 rings (SSSR count). The highest BCUT2D eigenvalue weighted by Gasteiger charge is 2.21. The predicted molar refractivity (Wildman–Crippen MR) is 190 cm³/mol. The van der Waals surface area contributed by atoms with E-state index in [2.05, 4.69) is 0 Å². The normalized spacial score (nSPS) is 15.3. The van der Waals surface area contributed by atoms with Gasteiger partial charge in [0.25, 0.3) is 0 Å². The van der Waals surface area contributed by atoms with Crippen molar-refractivity contribution >= 4 is 43.5 Å². The Balaban J connectivity index is 1.61. The van der Waals surface area contributed by atoms with E-state index in [4.69, 9.17) is 12.6 Å². The van der Waals surface area contributed by atoms with Crippen LogP contribution in [0.5, 0.6) is 0 Å². The Morgan fingerprint density at radius 2 is 0.956 bits per heavy atom. The van der Waals surface area contributed by atoms with Gasteiger partial charge in [0.05, 0.1) is 16.4 Å². The molecule has 8 aromatic carbocycles. The van der Waals surface area contributed by atoms with E-state index in [0.29, 0.717) is 38.8 Å². The lowest BCUT2D eigenvalue weighted by molar-refractivity contribution is 0.669. The smallest absolute Gasteiger partial charge is 0.136 e. The van der Waals surface area contributed by atoms with Gasteiger partial charge in [-0.25, -0.2) is 0 Å². The molecule has 0 fully saturated rings. The SMILES string of the molecule is [2H]c1c([2H])c(-c2ccccc2)c([2H])c(-c2c3c([2H])c([2H])c([2H])c([2H])c3c(-c3cc4c(cc3-c3ccccc3)oc3ccccc34)c3c([2H])c([2H])c([2H])c([2H])c23)c1[2H]. The van der Waals surface area contributed by atoms with Gasteiger partial charge in [-0.15, -0.1) is 0 Å². The first-order valence-electron chi connectivity index (χ1n) is 20.5. The van der Waals surface area contributed by atoms with E-state index in [0.717, 1.165) is 5.39 Å². The third-order valence-corrected chi connectivity index (χ3v) is 8.18. The summed E-state index contributed by atoms with van der Waals surface area (Å²) in [5, 5.41) is 0.836. The highest BCUT2D eigenvalue weighted by atomic mass is 16.3. The van der Waals surface area contributed by atoms with E-state index >= 15 is 0 Å². The van der Waals surface area contributed by atoms with Gasteiger partial charge in [0.15, 0.2) is 0 Å². The van der Waals surface area contributed by atoms with Gasteiger partial charge in [-0.2, -0.15) is 0 Å². The summed E-state index contributed by atoms with van der Waals surface area (Å²) in [6.45, 7) is 0. The van der Waals surface area contributed by atoms with E-state index in [9.17, 15) is 8.22 Å². The molecule has 0 aliphatic rings. The molecule has 0 aliphatic heterocycles. The van der Waals surface area contributed by atoms with Crippen molar-refractivity contribution in [3.8, 4) is 44.5 Å². The van der Waals surface area contributed by atoms with Crippen molar-refractivity contribution in [2.45, 2.75) is 0 Å². The number of fused-ring (bicyclic) bond motifs is 5. The van der Waals surface area contributed by atoms with Crippen LogP contribution in [0.3, 0.4) is 0 Å². The molecular formula is C44H28O. The van der Waals surface area contributed by atoms with Gasteiger partial charge in [-0.3, -0.25) is 0 Å². The molecule has 0 bridgehead atoms. The molecule has 1 heterocycles. The predicted octanol–water partition coefficient (Wildman–Crippen LogP) is 12.6. The Hall–Kier alpha value is -5.92. The van der Waals surface area contributed by atoms with Gasteiger partial charge in [-0.05, 0) is 90.3 Å². The maximum Gasteiger partial charge on any atom is 0.136 e. The molecule has 45 heavy (non-hydrogen) atoms. The number of furan rings is 1. The van der Waals surface area contributed by atoms with Crippen LogP contribution in [0.2, 0.25) is 0 Å². The number of para-hydroxylation sites is 1. The molecule has 1 heteroatoms. The van der Waals surface area contributed by atoms with E-state index in [1.807, 2.05) is 66.7 Å². The third kappa shape index (κ3) is 4.17. The molecule has 9 aromatic rings. The molecule has 210 valence electrons. The maximum atomic E-state index is 9.59. The minimum absolute atomic E-state index is 0.0118. The molecule has 1 aromatic heterocycles. The van der Waals surface area contributed by atoms with Gasteiger partial charge >= 0.3 is 0 Å². The van der Waals surface area contributed by atoms with Crippen LogP contribution in [0.1, 0.15) is 16.4 Å². The Morgan fingerprint density at radius 3 is 1.64 bits per heavy atom. The topological polar surface area (TPSA) is 13.1 Å². The molecular weight excluding hydrogens is 544 g/mol. The number of benzene rings is 8. The second kappa shape index (κ2) is 10.4. The van der Waals surface area contributed by atoms with Crippen molar-refractivity contribution in [1.29, 1.82) is 0 Å². The summed E-state index contributed by atoms with van der Waals surface area (Å²) in [6.07, 6.45) is 0. The van der Waals surface area contributed by atoms with Gasteiger partial charge in [0, 0.05) is 10.8 Å². The van der Waals surface area contributed by atoms with Gasteiger partial charge in [0.1, 0.15) is 11.2 Å². The number of rotatable bonds is 4. The van der Waals surface area contributed by atoms with Crippen molar-refractivity contribution < 1.29 is 20.9 Å². The van der Waals surface area contributed by atoms with Crippen molar-refractivity contribution in [3.05, 3.63) is 170 Å². The molecule has 0 radical (unpaired) electrons. The van der Waals surface area contributed by atoms with Gasteiger partial charge in [0.2, 0.25) is 0 Å². The summed E-state index contributed by atoms with van der Waals surface area (Å²) >= 11 is 0. The largest absolute Gasteiger partial charge is 0.456 e. The molecule has 0 N–H and O–H groups in total. The van der Waals surface area contributed by atoms with Crippen LogP contribution in [0.25, 0.3) is 88.0 Å². The van der Waals surface area contributed by atoms with Gasteiger partial charge in [-0.1, -0.05) is 145 Å². The van der Waals surface area contributed by atoms with Crippen LogP contribution in [-0.4, -0.2) is 0 Å². The first-order chi connectivity index (χ1) is 27.3. The quantitative estimate of drug-likeness (QED) is 0.188. The van der Waals surface area contributed by atoms with Crippen LogP contribution in [-0.2, 0) is 0 Å². The summed E-state index contributed by atoms with van der Waals surface area (Å²) < 4.78 is 116. The summed E-state index contributed by atoms with van der Waals surface area (Å²) in [7, 11) is 0. The Bertz CT molecular complexity index is 3110. The fourth-order valence-corrected chi connectivity index (χ4v) is 6.20. The summed E-state index contributed by atoms with van der Waals surface area (Å²) in [6, 6.07) is 22.2. The fraction of sp³-hybridized carbons (Fsp3) is 0. The molecule has 0 spiro atoms. The summed E-state index contributed by atoms with van der Waals surface area (Å²) in [5.41, 5.74) is 2.72. The molecule has 1 nitrogen and oxygen atoms in total. The highest BCUT2D eigenvalue weighted by molar-refractivity contribution is 6.23. The average molecular weight is 585 g/mol. The van der Waals surface area contributed by atoms with Crippen LogP contribution in [0.15, 0.2) is 174 Å². The molecule has 0 atom stereocenters. The van der Waals surface area contributed by atoms with E-state index in [1.165, 1.54) is 0 Å². The van der Waals surface area contributed by atoms with Crippen molar-refractivity contribution in [3.63, 3.8) is 0 Å². The first-order valence-corrected chi connectivity index (χ1v) is 14.5. The fourth-order valence-electron chi connectivity index (χ4n) is 6.20. The van der Waals surface area contributed by atoms with Crippen LogP contribution in [0, 0.1) is 0 Å². The zero-order valence-electron chi connectivity index (χ0n) is 35.6. The lowest BCUT2D eigenvalue weighted by Gasteiger charge is -2.20. The molecule has 0 saturated carbocycles. The lowest BCUT2D eigenvalue weighted by atomic mass is 9.83. The van der Waals surface area contributed by atoms with E-state index < -0.39 is 72.5 Å². The Kier molecular flexibility index (Phi) is 3.74. The second-order valence-electron chi connectivity index (χ2n) is 10.7. The minimum Gasteiger partial charge on any atom is -0.456 e. The molecule has 0 aliphatic carbocycles. The standard InChI is InChI=1S/C44H28O/c1-3-14-29(15-4-1)31-18-13-19-32(26-31)43-34-21-7-9-23-36(34)44(37-24-10-8-22-35(37)43)40-27-39-33-20-11-12-25-41(33)45-42(39)28-38(40)30-16-5-2-6-17-30/h1-28H/i7D,8D,9D,10D,13D,18D,19D,21D,22D,23D,24D,26D. The van der Waals surface area contributed by atoms with Crippen molar-refractivity contribution in [2.75, 3.05) is 0 Å². The Labute approximate surface area is 278 Å². The lowest BCUT2D eigenvalue weighted by Crippen LogP contribution is -1.93. The monoisotopic (exact) mass is 584 g/mol. The number of hydrogen-bond donors (Lipinski definition) is 0. The van der Waals surface area contributed by atoms with Gasteiger partial charge < -0.3 is 4.42 Å². The minimum atomic E-state index is -0.635. The van der Waals surface area contributed by atoms with E-state index in [1.54, 1.807) is 30.3 Å². The molecule has 0 amide bonds. The van der Waals surface area contributed by atoms with Crippen LogP contribution < -0.4 is 0 Å². The zero-order chi connectivity index (χ0) is 40.2. The van der Waals surface area contributed by atoms with Crippen molar-refractivity contribution in [2.24, 2.45) is 0 Å². The Morgan fingerprint density at radius 1 is 0.378 bits per heavy atom. The van der Waals surface area contributed by atoms with E-state index in [-0.39, 0.29) is 43.8 Å². The third-order valence-electron chi connectivity index (χ3n) is 8.18. The molecule has 0 unspecified atom stereocenters. The second-order valence-corrected chi connectivity index (χ2v) is 10.7. The maximum absolute atomic E-state index is 9.59. The zero-order valence-corrected chi connectivity index (χ0v) is 23.6. The average Bonchev–Trinajstić information content (AvgIpc) is 3.60. The highest BCUT2D eigenvalue weighted by Crippen LogP contribution is 2.48. The van der Waals surface area contributed by atoms with Crippen molar-refractivity contribution in [1.82, 2.24) is 0 Å². The summed E-state index contributed by atoms with van der Waals surface area (Å²) in [5.74, 6) is 0. The number of hydrogen-bond acceptors (Lipinski definition) is 1.